The SMILES string of the molecule is CCOC(=O)C1=C(C)N=C(C)C(C(=O)OCC)[C@H]1c1ccco1. The third-order valence-corrected chi connectivity index (χ3v) is 3.71. The monoisotopic (exact) mass is 319 g/mol. The summed E-state index contributed by atoms with van der Waals surface area (Å²) in [6.45, 7) is 7.45. The fraction of sp³-hybridized carbons (Fsp3) is 0.471. The number of rotatable bonds is 5. The molecular weight excluding hydrogens is 298 g/mol. The molecule has 0 amide bonds. The van der Waals surface area contributed by atoms with Crippen molar-refractivity contribution in [1.82, 2.24) is 0 Å². The van der Waals surface area contributed by atoms with Gasteiger partial charge in [-0.1, -0.05) is 0 Å². The van der Waals surface area contributed by atoms with E-state index in [9.17, 15) is 9.59 Å². The van der Waals surface area contributed by atoms with Crippen LogP contribution in [0.1, 0.15) is 39.4 Å². The molecule has 1 aromatic rings. The third kappa shape index (κ3) is 3.36. The normalized spacial score (nSPS) is 21.0. The summed E-state index contributed by atoms with van der Waals surface area (Å²) in [7, 11) is 0. The number of ether oxygens (including phenoxy) is 2. The molecule has 0 saturated carbocycles. The highest BCUT2D eigenvalue weighted by molar-refractivity contribution is 6.06. The molecule has 0 spiro atoms. The summed E-state index contributed by atoms with van der Waals surface area (Å²) in [5, 5.41) is 0. The second-order valence-electron chi connectivity index (χ2n) is 5.20. The smallest absolute Gasteiger partial charge is 0.336 e. The Labute approximate surface area is 135 Å². The fourth-order valence-corrected chi connectivity index (χ4v) is 2.82. The molecule has 1 aliphatic heterocycles. The van der Waals surface area contributed by atoms with Gasteiger partial charge >= 0.3 is 11.9 Å². The molecule has 0 saturated heterocycles. The van der Waals surface area contributed by atoms with E-state index < -0.39 is 23.8 Å². The Kier molecular flexibility index (Phi) is 5.36. The van der Waals surface area contributed by atoms with Gasteiger partial charge in [-0.3, -0.25) is 9.79 Å². The van der Waals surface area contributed by atoms with Crippen LogP contribution in [0.15, 0.2) is 39.1 Å². The van der Waals surface area contributed by atoms with Crippen molar-refractivity contribution in [2.75, 3.05) is 13.2 Å². The van der Waals surface area contributed by atoms with Gasteiger partial charge in [-0.15, -0.1) is 0 Å². The average Bonchev–Trinajstić information content (AvgIpc) is 3.00. The van der Waals surface area contributed by atoms with E-state index in [2.05, 4.69) is 4.99 Å². The van der Waals surface area contributed by atoms with Gasteiger partial charge in [0.1, 0.15) is 11.7 Å². The number of hydrogen-bond acceptors (Lipinski definition) is 6. The lowest BCUT2D eigenvalue weighted by atomic mass is 9.78. The molecule has 6 nitrogen and oxygen atoms in total. The van der Waals surface area contributed by atoms with Crippen molar-refractivity contribution in [1.29, 1.82) is 0 Å². The minimum atomic E-state index is -0.704. The van der Waals surface area contributed by atoms with Gasteiger partial charge < -0.3 is 13.9 Å². The zero-order chi connectivity index (χ0) is 17.0. The molecule has 0 fully saturated rings. The Morgan fingerprint density at radius 2 is 1.91 bits per heavy atom. The molecule has 124 valence electrons. The van der Waals surface area contributed by atoms with Crippen molar-refractivity contribution in [3.05, 3.63) is 35.4 Å². The first-order valence-corrected chi connectivity index (χ1v) is 7.64. The zero-order valence-electron chi connectivity index (χ0n) is 13.8. The lowest BCUT2D eigenvalue weighted by Gasteiger charge is -2.29. The molecule has 1 aliphatic rings. The van der Waals surface area contributed by atoms with Crippen LogP contribution >= 0.6 is 0 Å². The van der Waals surface area contributed by atoms with Gasteiger partial charge in [0.2, 0.25) is 0 Å². The quantitative estimate of drug-likeness (QED) is 0.780. The standard InChI is InChI=1S/C17H21NO5/c1-5-21-16(19)13-10(3)18-11(4)14(17(20)22-6-2)15(13)12-8-7-9-23-12/h7-9,13,15H,5-6H2,1-4H3/t13?,15-/m1/s1. The Morgan fingerprint density at radius 1 is 1.22 bits per heavy atom. The lowest BCUT2D eigenvalue weighted by Crippen LogP contribution is -2.36. The van der Waals surface area contributed by atoms with Crippen molar-refractivity contribution in [3.63, 3.8) is 0 Å². The van der Waals surface area contributed by atoms with E-state index in [4.69, 9.17) is 13.9 Å². The molecule has 6 heteroatoms. The summed E-state index contributed by atoms with van der Waals surface area (Å²) in [6, 6.07) is 3.46. The van der Waals surface area contributed by atoms with Crippen LogP contribution < -0.4 is 0 Å². The Bertz CT molecular complexity index is 642. The van der Waals surface area contributed by atoms with Crippen LogP contribution in [0.4, 0.5) is 0 Å². The van der Waals surface area contributed by atoms with Gasteiger partial charge in [0, 0.05) is 11.4 Å². The second-order valence-corrected chi connectivity index (χ2v) is 5.20. The van der Waals surface area contributed by atoms with E-state index in [1.807, 2.05) is 0 Å². The third-order valence-electron chi connectivity index (χ3n) is 3.71. The maximum Gasteiger partial charge on any atom is 0.336 e. The Balaban J connectivity index is 2.54. The van der Waals surface area contributed by atoms with Gasteiger partial charge in [-0.2, -0.15) is 0 Å². The van der Waals surface area contributed by atoms with E-state index in [0.29, 0.717) is 22.7 Å². The van der Waals surface area contributed by atoms with Gasteiger partial charge in [0.05, 0.1) is 31.0 Å². The van der Waals surface area contributed by atoms with Crippen LogP contribution in [0.25, 0.3) is 0 Å². The number of esters is 2. The fourth-order valence-electron chi connectivity index (χ4n) is 2.82. The molecule has 0 bridgehead atoms. The van der Waals surface area contributed by atoms with Crippen LogP contribution in [0.3, 0.4) is 0 Å². The van der Waals surface area contributed by atoms with Gasteiger partial charge in [0.15, 0.2) is 0 Å². The highest BCUT2D eigenvalue weighted by atomic mass is 16.5. The number of furan rings is 1. The number of carbonyl (C=O) groups is 2. The highest BCUT2D eigenvalue weighted by Gasteiger charge is 2.43. The summed E-state index contributed by atoms with van der Waals surface area (Å²) < 4.78 is 15.8. The van der Waals surface area contributed by atoms with Crippen LogP contribution in [0.5, 0.6) is 0 Å². The number of hydrogen-bond donors (Lipinski definition) is 0. The molecule has 0 aliphatic carbocycles. The van der Waals surface area contributed by atoms with Crippen LogP contribution in [0, 0.1) is 5.92 Å². The van der Waals surface area contributed by atoms with Gasteiger partial charge in [-0.05, 0) is 39.8 Å². The van der Waals surface area contributed by atoms with Crippen molar-refractivity contribution >= 4 is 17.7 Å². The molecule has 0 N–H and O–H groups in total. The minimum Gasteiger partial charge on any atom is -0.469 e. The van der Waals surface area contributed by atoms with Crippen molar-refractivity contribution in [2.24, 2.45) is 10.9 Å². The number of allylic oxidation sites excluding steroid dienone is 1. The molecule has 1 unspecified atom stereocenters. The summed E-state index contributed by atoms with van der Waals surface area (Å²) in [6.07, 6.45) is 1.51. The molecule has 0 radical (unpaired) electrons. The summed E-state index contributed by atoms with van der Waals surface area (Å²) in [4.78, 5) is 29.2. The van der Waals surface area contributed by atoms with Crippen LogP contribution in [-0.2, 0) is 19.1 Å². The average molecular weight is 319 g/mol. The lowest BCUT2D eigenvalue weighted by molar-refractivity contribution is -0.146. The van der Waals surface area contributed by atoms with Crippen LogP contribution in [0.2, 0.25) is 0 Å². The van der Waals surface area contributed by atoms with Crippen molar-refractivity contribution in [2.45, 2.75) is 33.6 Å². The van der Waals surface area contributed by atoms with Crippen LogP contribution in [-0.4, -0.2) is 30.9 Å². The number of aliphatic imine (C=N–C) groups is 1. The number of nitrogens with zero attached hydrogens (tertiary/aromatic N) is 1. The van der Waals surface area contributed by atoms with Gasteiger partial charge in [-0.25, -0.2) is 4.79 Å². The highest BCUT2D eigenvalue weighted by Crippen LogP contribution is 2.40. The second kappa shape index (κ2) is 7.26. The van der Waals surface area contributed by atoms with E-state index in [1.54, 1.807) is 39.8 Å². The summed E-state index contributed by atoms with van der Waals surface area (Å²) in [5.74, 6) is -1.70. The molecule has 2 heterocycles. The maximum atomic E-state index is 12.4. The molecule has 2 atom stereocenters. The Morgan fingerprint density at radius 3 is 2.48 bits per heavy atom. The van der Waals surface area contributed by atoms with E-state index >= 15 is 0 Å². The first-order valence-electron chi connectivity index (χ1n) is 7.64. The molecule has 1 aromatic heterocycles. The topological polar surface area (TPSA) is 78.1 Å². The zero-order valence-corrected chi connectivity index (χ0v) is 13.8. The molecular formula is C17H21NO5. The van der Waals surface area contributed by atoms with E-state index in [-0.39, 0.29) is 13.2 Å². The molecule has 2 rings (SSSR count). The maximum absolute atomic E-state index is 12.4. The largest absolute Gasteiger partial charge is 0.469 e. The first-order chi connectivity index (χ1) is 11.0. The van der Waals surface area contributed by atoms with E-state index in [1.165, 1.54) is 6.26 Å². The summed E-state index contributed by atoms with van der Waals surface area (Å²) in [5.41, 5.74) is 1.46. The number of carbonyl (C=O) groups excluding carboxylic acids is 2. The predicted molar refractivity (Wildman–Crippen MR) is 84.0 cm³/mol. The van der Waals surface area contributed by atoms with Crippen molar-refractivity contribution < 1.29 is 23.5 Å². The molecule has 23 heavy (non-hydrogen) atoms. The predicted octanol–water partition coefficient (Wildman–Crippen LogP) is 2.85. The van der Waals surface area contributed by atoms with Crippen molar-refractivity contribution in [3.8, 4) is 0 Å². The van der Waals surface area contributed by atoms with E-state index in [0.717, 1.165) is 0 Å². The molecule has 0 aromatic carbocycles. The first kappa shape index (κ1) is 17.0. The minimum absolute atomic E-state index is 0.243. The Hall–Kier alpha value is -2.37. The van der Waals surface area contributed by atoms with Gasteiger partial charge in [0.25, 0.3) is 0 Å². The summed E-state index contributed by atoms with van der Waals surface area (Å²) >= 11 is 0.